The lowest BCUT2D eigenvalue weighted by atomic mass is 9.90. The van der Waals surface area contributed by atoms with Gasteiger partial charge >= 0.3 is 0 Å². The Morgan fingerprint density at radius 3 is 2.65 bits per heavy atom. The first kappa shape index (κ1) is 14.7. The van der Waals surface area contributed by atoms with Crippen LogP contribution in [0.4, 0.5) is 0 Å². The van der Waals surface area contributed by atoms with E-state index in [-0.39, 0.29) is 12.0 Å². The van der Waals surface area contributed by atoms with Crippen molar-refractivity contribution >= 4 is 15.9 Å². The highest BCUT2D eigenvalue weighted by atomic mass is 79.9. The molecule has 0 saturated carbocycles. The fourth-order valence-corrected chi connectivity index (χ4v) is 2.36. The number of halogens is 1. The van der Waals surface area contributed by atoms with Crippen LogP contribution in [0.5, 0.6) is 0 Å². The van der Waals surface area contributed by atoms with E-state index in [1.54, 1.807) is 0 Å². The highest BCUT2D eigenvalue weighted by Crippen LogP contribution is 2.20. The molecule has 2 N–H and O–H groups in total. The smallest absolute Gasteiger partial charge is 0.0436 e. The van der Waals surface area contributed by atoms with Crippen LogP contribution in [0.15, 0.2) is 22.7 Å². The Hall–Kier alpha value is -0.380. The zero-order chi connectivity index (χ0) is 12.9. The molecule has 0 aromatic heterocycles. The molecule has 3 heteroatoms. The second kappa shape index (κ2) is 6.53. The van der Waals surface area contributed by atoms with Gasteiger partial charge in [-0.3, -0.25) is 0 Å². The molecule has 0 bridgehead atoms. The van der Waals surface area contributed by atoms with Gasteiger partial charge in [-0.2, -0.15) is 0 Å². The highest BCUT2D eigenvalue weighted by Gasteiger charge is 2.16. The van der Waals surface area contributed by atoms with Gasteiger partial charge in [-0.25, -0.2) is 0 Å². The number of aliphatic hydroxyl groups is 1. The van der Waals surface area contributed by atoms with Gasteiger partial charge in [0.05, 0.1) is 0 Å². The van der Waals surface area contributed by atoms with Gasteiger partial charge in [0, 0.05) is 24.2 Å². The molecule has 1 rings (SSSR count). The Kier molecular flexibility index (Phi) is 5.63. The highest BCUT2D eigenvalue weighted by molar-refractivity contribution is 9.10. The lowest BCUT2D eigenvalue weighted by molar-refractivity contribution is 0.207. The molecule has 0 aliphatic heterocycles. The predicted octanol–water partition coefficient (Wildman–Crippen LogP) is 3.26. The minimum Gasteiger partial charge on any atom is -0.396 e. The second-order valence-electron chi connectivity index (χ2n) is 5.34. The Labute approximate surface area is 113 Å². The third-order valence-corrected chi connectivity index (χ3v) is 3.65. The molecule has 2 nitrogen and oxygen atoms in total. The van der Waals surface area contributed by atoms with Gasteiger partial charge in [-0.1, -0.05) is 41.9 Å². The summed E-state index contributed by atoms with van der Waals surface area (Å²) in [6, 6.07) is 6.40. The minimum absolute atomic E-state index is 0.145. The van der Waals surface area contributed by atoms with Crippen LogP contribution in [0.2, 0.25) is 0 Å². The summed E-state index contributed by atoms with van der Waals surface area (Å²) in [5.41, 5.74) is 2.68. The van der Waals surface area contributed by atoms with E-state index in [4.69, 9.17) is 5.11 Å². The van der Waals surface area contributed by atoms with Gasteiger partial charge < -0.3 is 10.4 Å². The first-order chi connectivity index (χ1) is 7.94. The van der Waals surface area contributed by atoms with Crippen molar-refractivity contribution in [2.45, 2.75) is 33.7 Å². The van der Waals surface area contributed by atoms with Crippen molar-refractivity contribution in [3.8, 4) is 0 Å². The molecule has 0 radical (unpaired) electrons. The number of aryl methyl sites for hydroxylation is 1. The van der Waals surface area contributed by atoms with Crippen LogP contribution >= 0.6 is 15.9 Å². The molecule has 96 valence electrons. The van der Waals surface area contributed by atoms with Crippen LogP contribution in [0, 0.1) is 12.3 Å². The number of aliphatic hydroxyl groups excluding tert-OH is 1. The van der Waals surface area contributed by atoms with Gasteiger partial charge in [0.25, 0.3) is 0 Å². The fourth-order valence-electron chi connectivity index (χ4n) is 1.72. The van der Waals surface area contributed by atoms with E-state index in [0.717, 1.165) is 24.0 Å². The van der Waals surface area contributed by atoms with E-state index in [0.29, 0.717) is 0 Å². The molecule has 0 aliphatic carbocycles. The van der Waals surface area contributed by atoms with Gasteiger partial charge in [-0.15, -0.1) is 0 Å². The van der Waals surface area contributed by atoms with Crippen molar-refractivity contribution in [2.75, 3.05) is 13.2 Å². The maximum absolute atomic E-state index is 8.96. The third-order valence-electron chi connectivity index (χ3n) is 2.92. The Bertz CT molecular complexity index is 363. The maximum atomic E-state index is 8.96. The van der Waals surface area contributed by atoms with Crippen molar-refractivity contribution in [1.82, 2.24) is 5.32 Å². The third kappa shape index (κ3) is 5.19. The molecular weight excluding hydrogens is 278 g/mol. The zero-order valence-corrected chi connectivity index (χ0v) is 12.5. The van der Waals surface area contributed by atoms with E-state index in [1.807, 2.05) is 0 Å². The normalized spacial score (nSPS) is 11.8. The molecule has 0 amide bonds. The van der Waals surface area contributed by atoms with Gasteiger partial charge in [0.1, 0.15) is 0 Å². The number of nitrogens with one attached hydrogen (secondary N) is 1. The first-order valence-electron chi connectivity index (χ1n) is 6.01. The summed E-state index contributed by atoms with van der Waals surface area (Å²) in [6.45, 7) is 8.44. The second-order valence-corrected chi connectivity index (χ2v) is 6.19. The Balaban J connectivity index is 2.46. The number of hydrogen-bond acceptors (Lipinski definition) is 2. The molecule has 0 spiro atoms. The number of hydrogen-bond donors (Lipinski definition) is 2. The van der Waals surface area contributed by atoms with Gasteiger partial charge in [0.2, 0.25) is 0 Å². The molecule has 17 heavy (non-hydrogen) atoms. The van der Waals surface area contributed by atoms with Gasteiger partial charge in [0.15, 0.2) is 0 Å². The molecule has 0 heterocycles. The van der Waals surface area contributed by atoms with Crippen LogP contribution in [-0.2, 0) is 6.54 Å². The Morgan fingerprint density at radius 1 is 1.35 bits per heavy atom. The SMILES string of the molecule is Cc1ccc(CNCC(C)(C)CCO)c(Br)c1. The molecule has 1 aromatic carbocycles. The Morgan fingerprint density at radius 2 is 2.06 bits per heavy atom. The van der Waals surface area contributed by atoms with Crippen molar-refractivity contribution in [2.24, 2.45) is 5.41 Å². The molecule has 0 aliphatic rings. The minimum atomic E-state index is 0.145. The summed E-state index contributed by atoms with van der Waals surface area (Å²) in [5.74, 6) is 0. The predicted molar refractivity (Wildman–Crippen MR) is 76.1 cm³/mol. The van der Waals surface area contributed by atoms with Crippen LogP contribution in [-0.4, -0.2) is 18.3 Å². The van der Waals surface area contributed by atoms with E-state index >= 15 is 0 Å². The molecule has 0 atom stereocenters. The van der Waals surface area contributed by atoms with Crippen LogP contribution in [0.25, 0.3) is 0 Å². The van der Waals surface area contributed by atoms with Crippen molar-refractivity contribution in [1.29, 1.82) is 0 Å². The molecule has 0 unspecified atom stereocenters. The van der Waals surface area contributed by atoms with Crippen molar-refractivity contribution in [3.63, 3.8) is 0 Å². The average Bonchev–Trinajstić information content (AvgIpc) is 2.21. The topological polar surface area (TPSA) is 32.3 Å². The zero-order valence-electron chi connectivity index (χ0n) is 10.9. The van der Waals surface area contributed by atoms with E-state index in [1.165, 1.54) is 11.1 Å². The average molecular weight is 300 g/mol. The van der Waals surface area contributed by atoms with Crippen molar-refractivity contribution in [3.05, 3.63) is 33.8 Å². The largest absolute Gasteiger partial charge is 0.396 e. The van der Waals surface area contributed by atoms with E-state index < -0.39 is 0 Å². The van der Waals surface area contributed by atoms with E-state index in [9.17, 15) is 0 Å². The summed E-state index contributed by atoms with van der Waals surface area (Å²) in [6.07, 6.45) is 0.828. The van der Waals surface area contributed by atoms with Crippen LogP contribution in [0.3, 0.4) is 0 Å². The standard InChI is InChI=1S/C14H22BrNO/c1-11-4-5-12(13(15)8-11)9-16-10-14(2,3)6-7-17/h4-5,8,16-17H,6-7,9-10H2,1-3H3. The van der Waals surface area contributed by atoms with E-state index in [2.05, 4.69) is 60.2 Å². The fraction of sp³-hybridized carbons (Fsp3) is 0.571. The summed E-state index contributed by atoms with van der Waals surface area (Å²) >= 11 is 3.58. The quantitative estimate of drug-likeness (QED) is 0.845. The first-order valence-corrected chi connectivity index (χ1v) is 6.80. The number of rotatable bonds is 6. The summed E-state index contributed by atoms with van der Waals surface area (Å²) in [7, 11) is 0. The molecule has 0 fully saturated rings. The monoisotopic (exact) mass is 299 g/mol. The summed E-state index contributed by atoms with van der Waals surface area (Å²) in [4.78, 5) is 0. The maximum Gasteiger partial charge on any atom is 0.0436 e. The summed E-state index contributed by atoms with van der Waals surface area (Å²) < 4.78 is 1.16. The van der Waals surface area contributed by atoms with Crippen LogP contribution < -0.4 is 5.32 Å². The van der Waals surface area contributed by atoms with Crippen LogP contribution in [0.1, 0.15) is 31.4 Å². The van der Waals surface area contributed by atoms with Crippen molar-refractivity contribution < 1.29 is 5.11 Å². The van der Waals surface area contributed by atoms with Gasteiger partial charge in [-0.05, 0) is 36.0 Å². The summed E-state index contributed by atoms with van der Waals surface area (Å²) in [5, 5.41) is 12.4. The molecule has 1 aromatic rings. The number of benzene rings is 1. The lowest BCUT2D eigenvalue weighted by Crippen LogP contribution is -2.30. The molecular formula is C14H22BrNO. The lowest BCUT2D eigenvalue weighted by Gasteiger charge is -2.24. The molecule has 0 saturated heterocycles.